The van der Waals surface area contributed by atoms with Crippen LogP contribution in [0.15, 0.2) is 66.2 Å². The van der Waals surface area contributed by atoms with E-state index in [1.165, 1.54) is 29.8 Å². The van der Waals surface area contributed by atoms with Crippen LogP contribution in [0.1, 0.15) is 24.0 Å². The van der Waals surface area contributed by atoms with Gasteiger partial charge < -0.3 is 4.74 Å². The highest BCUT2D eigenvalue weighted by molar-refractivity contribution is 5.81. The molecule has 2 nitrogen and oxygen atoms in total. The molecule has 0 N–H and O–H groups in total. The van der Waals surface area contributed by atoms with Crippen molar-refractivity contribution in [2.45, 2.75) is 25.6 Å². The predicted octanol–water partition coefficient (Wildman–Crippen LogP) is 5.84. The molecular formula is C19H18F3NO. The van der Waals surface area contributed by atoms with Gasteiger partial charge in [-0.05, 0) is 54.7 Å². The van der Waals surface area contributed by atoms with E-state index in [0.29, 0.717) is 5.69 Å². The summed E-state index contributed by atoms with van der Waals surface area (Å²) in [5.74, 6) is -0.259. The Hall–Kier alpha value is -2.56. The van der Waals surface area contributed by atoms with Crippen molar-refractivity contribution in [1.29, 1.82) is 0 Å². The van der Waals surface area contributed by atoms with Crippen molar-refractivity contribution in [3.8, 4) is 5.75 Å². The Morgan fingerprint density at radius 3 is 2.25 bits per heavy atom. The summed E-state index contributed by atoms with van der Waals surface area (Å²) in [5.41, 5.74) is 2.74. The molecule has 0 aliphatic rings. The number of benzene rings is 2. The quantitative estimate of drug-likeness (QED) is 0.354. The normalized spacial score (nSPS) is 11.6. The van der Waals surface area contributed by atoms with Crippen molar-refractivity contribution < 1.29 is 17.9 Å². The van der Waals surface area contributed by atoms with E-state index in [4.69, 9.17) is 0 Å². The SMILES string of the molecule is C=CCCCc1ccc(C=Nc2ccc(OC(F)(F)F)cc2)cc1. The summed E-state index contributed by atoms with van der Waals surface area (Å²) in [7, 11) is 0. The first-order chi connectivity index (χ1) is 11.5. The van der Waals surface area contributed by atoms with Crippen LogP contribution >= 0.6 is 0 Å². The fourth-order valence-electron chi connectivity index (χ4n) is 2.10. The maximum atomic E-state index is 12.1. The molecular weight excluding hydrogens is 315 g/mol. The van der Waals surface area contributed by atoms with Crippen molar-refractivity contribution in [3.63, 3.8) is 0 Å². The van der Waals surface area contributed by atoms with Crippen LogP contribution < -0.4 is 4.74 Å². The van der Waals surface area contributed by atoms with Gasteiger partial charge in [0.2, 0.25) is 0 Å². The molecule has 0 heterocycles. The van der Waals surface area contributed by atoms with Gasteiger partial charge in [-0.3, -0.25) is 4.99 Å². The first-order valence-electron chi connectivity index (χ1n) is 7.56. The average molecular weight is 333 g/mol. The summed E-state index contributed by atoms with van der Waals surface area (Å²) in [6.07, 6.45) is 1.97. The van der Waals surface area contributed by atoms with E-state index in [-0.39, 0.29) is 5.75 Å². The Bertz CT molecular complexity index is 673. The number of alkyl halides is 3. The van der Waals surface area contributed by atoms with Crippen LogP contribution in [0.4, 0.5) is 18.9 Å². The maximum Gasteiger partial charge on any atom is 0.573 e. The van der Waals surface area contributed by atoms with Crippen LogP contribution in [0.25, 0.3) is 0 Å². The summed E-state index contributed by atoms with van der Waals surface area (Å²) in [6.45, 7) is 3.70. The smallest absolute Gasteiger partial charge is 0.406 e. The number of ether oxygens (including phenoxy) is 1. The summed E-state index contributed by atoms with van der Waals surface area (Å²) in [6, 6.07) is 13.4. The molecule has 0 aliphatic carbocycles. The van der Waals surface area contributed by atoms with Gasteiger partial charge in [-0.25, -0.2) is 0 Å². The molecule has 5 heteroatoms. The second kappa shape index (κ2) is 8.34. The molecule has 2 aromatic carbocycles. The molecule has 0 fully saturated rings. The van der Waals surface area contributed by atoms with E-state index in [0.717, 1.165) is 24.8 Å². The monoisotopic (exact) mass is 333 g/mol. The Morgan fingerprint density at radius 1 is 1.00 bits per heavy atom. The molecule has 2 aromatic rings. The second-order valence-corrected chi connectivity index (χ2v) is 5.22. The zero-order valence-corrected chi connectivity index (χ0v) is 13.1. The van der Waals surface area contributed by atoms with Gasteiger partial charge in [0.1, 0.15) is 5.75 Å². The third-order valence-electron chi connectivity index (χ3n) is 3.29. The molecule has 0 unspecified atom stereocenters. The van der Waals surface area contributed by atoms with Gasteiger partial charge in [-0.1, -0.05) is 30.3 Å². The van der Waals surface area contributed by atoms with E-state index >= 15 is 0 Å². The van der Waals surface area contributed by atoms with Crippen molar-refractivity contribution in [2.75, 3.05) is 0 Å². The lowest BCUT2D eigenvalue weighted by molar-refractivity contribution is -0.274. The fraction of sp³-hybridized carbons (Fsp3) is 0.211. The van der Waals surface area contributed by atoms with Gasteiger partial charge in [0.25, 0.3) is 0 Å². The third kappa shape index (κ3) is 6.28. The van der Waals surface area contributed by atoms with Crippen LogP contribution in [-0.4, -0.2) is 12.6 Å². The molecule has 0 atom stereocenters. The molecule has 0 amide bonds. The summed E-state index contributed by atoms with van der Waals surface area (Å²) < 4.78 is 40.1. The Morgan fingerprint density at radius 2 is 1.67 bits per heavy atom. The van der Waals surface area contributed by atoms with Gasteiger partial charge in [0, 0.05) is 6.21 Å². The number of unbranched alkanes of at least 4 members (excludes halogenated alkanes) is 1. The molecule has 0 aliphatic heterocycles. The number of halogens is 3. The Balaban J connectivity index is 1.94. The van der Waals surface area contributed by atoms with Crippen molar-refractivity contribution >= 4 is 11.9 Å². The van der Waals surface area contributed by atoms with Crippen molar-refractivity contribution in [3.05, 3.63) is 72.3 Å². The Kier molecular flexibility index (Phi) is 6.18. The average Bonchev–Trinajstić information content (AvgIpc) is 2.54. The third-order valence-corrected chi connectivity index (χ3v) is 3.29. The maximum absolute atomic E-state index is 12.1. The lowest BCUT2D eigenvalue weighted by Gasteiger charge is -2.08. The van der Waals surface area contributed by atoms with E-state index in [9.17, 15) is 13.2 Å². The van der Waals surface area contributed by atoms with Crippen LogP contribution in [0, 0.1) is 0 Å². The van der Waals surface area contributed by atoms with Gasteiger partial charge in [0.15, 0.2) is 0 Å². The fourth-order valence-corrected chi connectivity index (χ4v) is 2.10. The largest absolute Gasteiger partial charge is 0.573 e. The summed E-state index contributed by atoms with van der Waals surface area (Å²) in [4.78, 5) is 4.24. The molecule has 2 rings (SSSR count). The minimum Gasteiger partial charge on any atom is -0.406 e. The molecule has 0 aromatic heterocycles. The van der Waals surface area contributed by atoms with E-state index in [2.05, 4.69) is 16.3 Å². The second-order valence-electron chi connectivity index (χ2n) is 5.22. The van der Waals surface area contributed by atoms with Gasteiger partial charge in [0.05, 0.1) is 5.69 Å². The standard InChI is InChI=1S/C19H18F3NO/c1-2-3-4-5-15-6-8-16(9-7-15)14-23-17-10-12-18(13-11-17)24-19(20,21)22/h2,6-14H,1,3-5H2. The van der Waals surface area contributed by atoms with Gasteiger partial charge in [-0.2, -0.15) is 0 Å². The molecule has 24 heavy (non-hydrogen) atoms. The molecule has 0 saturated heterocycles. The molecule has 0 spiro atoms. The van der Waals surface area contributed by atoms with Gasteiger partial charge >= 0.3 is 6.36 Å². The molecule has 126 valence electrons. The van der Waals surface area contributed by atoms with E-state index in [1.54, 1.807) is 6.21 Å². The van der Waals surface area contributed by atoms with Crippen LogP contribution in [-0.2, 0) is 6.42 Å². The number of hydrogen-bond acceptors (Lipinski definition) is 2. The summed E-state index contributed by atoms with van der Waals surface area (Å²) >= 11 is 0. The Labute approximate surface area is 139 Å². The number of aliphatic imine (C=N–C) groups is 1. The first kappa shape index (κ1) is 17.8. The van der Waals surface area contributed by atoms with E-state index < -0.39 is 6.36 Å². The molecule has 0 bridgehead atoms. The van der Waals surface area contributed by atoms with Crippen LogP contribution in [0.2, 0.25) is 0 Å². The molecule has 0 saturated carbocycles. The number of allylic oxidation sites excluding steroid dienone is 1. The lowest BCUT2D eigenvalue weighted by atomic mass is 10.1. The highest BCUT2D eigenvalue weighted by Crippen LogP contribution is 2.24. The minimum atomic E-state index is -4.68. The minimum absolute atomic E-state index is 0.259. The molecule has 0 radical (unpaired) electrons. The van der Waals surface area contributed by atoms with Gasteiger partial charge in [-0.15, -0.1) is 19.8 Å². The number of rotatable bonds is 7. The highest BCUT2D eigenvalue weighted by Gasteiger charge is 2.30. The summed E-state index contributed by atoms with van der Waals surface area (Å²) in [5, 5.41) is 0. The van der Waals surface area contributed by atoms with Crippen molar-refractivity contribution in [2.24, 2.45) is 4.99 Å². The zero-order valence-electron chi connectivity index (χ0n) is 13.1. The van der Waals surface area contributed by atoms with Crippen molar-refractivity contribution in [1.82, 2.24) is 0 Å². The van der Waals surface area contributed by atoms with Crippen LogP contribution in [0.5, 0.6) is 5.75 Å². The first-order valence-corrected chi connectivity index (χ1v) is 7.56. The predicted molar refractivity (Wildman–Crippen MR) is 90.0 cm³/mol. The number of nitrogens with zero attached hydrogens (tertiary/aromatic N) is 1. The zero-order chi connectivity index (χ0) is 17.4. The van der Waals surface area contributed by atoms with E-state index in [1.807, 2.05) is 30.3 Å². The lowest BCUT2D eigenvalue weighted by Crippen LogP contribution is -2.16. The number of aryl methyl sites for hydroxylation is 1. The topological polar surface area (TPSA) is 21.6 Å². The van der Waals surface area contributed by atoms with Crippen LogP contribution in [0.3, 0.4) is 0 Å². The number of hydrogen-bond donors (Lipinski definition) is 0. The highest BCUT2D eigenvalue weighted by atomic mass is 19.4.